The first-order valence-corrected chi connectivity index (χ1v) is 13.2. The highest BCUT2D eigenvalue weighted by molar-refractivity contribution is 7.89. The third-order valence-corrected chi connectivity index (χ3v) is 8.74. The maximum absolute atomic E-state index is 12.7. The molecule has 10 heteroatoms. The average Bonchev–Trinajstić information content (AvgIpc) is 3.07. The number of amides is 2. The molecule has 0 radical (unpaired) electrons. The van der Waals surface area contributed by atoms with Crippen molar-refractivity contribution < 1.29 is 22.8 Å². The molecule has 1 aliphatic carbocycles. The van der Waals surface area contributed by atoms with E-state index in [4.69, 9.17) is 0 Å². The summed E-state index contributed by atoms with van der Waals surface area (Å²) in [7, 11) is -2.28. The van der Waals surface area contributed by atoms with Gasteiger partial charge in [0.25, 0.3) is 5.91 Å². The van der Waals surface area contributed by atoms with Crippen LogP contribution in [-0.2, 0) is 27.7 Å². The molecule has 0 saturated heterocycles. The number of fused-ring (bicyclic) bond motifs is 1. The van der Waals surface area contributed by atoms with E-state index in [9.17, 15) is 22.8 Å². The fourth-order valence-corrected chi connectivity index (χ4v) is 6.01. The number of carbonyl (C=O) groups excluding carboxylic acids is 3. The summed E-state index contributed by atoms with van der Waals surface area (Å²) in [6, 6.07) is 7.66. The van der Waals surface area contributed by atoms with Crippen LogP contribution in [0.5, 0.6) is 0 Å². The molecule has 0 fully saturated rings. The molecule has 1 heterocycles. The fourth-order valence-electron chi connectivity index (χ4n) is 3.65. The third kappa shape index (κ3) is 6.49. The standard InChI is InChI=1S/C23H29N3O5S2/c1-16(27)17-10-12-19(13-11-17)33(30,31)26(2)14-6-9-22(28)24-25-23(29)21-15-18-7-4-3-5-8-20(18)32-21/h10-13,15H,3-9,14H2,1-2H3,(H,24,28)(H,25,29). The number of hydrazine groups is 1. The van der Waals surface area contributed by atoms with E-state index in [0.29, 0.717) is 10.4 Å². The van der Waals surface area contributed by atoms with Gasteiger partial charge in [-0.05, 0) is 62.8 Å². The molecule has 1 aromatic heterocycles. The molecule has 0 bridgehead atoms. The van der Waals surface area contributed by atoms with Gasteiger partial charge in [0.15, 0.2) is 5.78 Å². The van der Waals surface area contributed by atoms with E-state index in [1.165, 1.54) is 70.7 Å². The van der Waals surface area contributed by atoms with Gasteiger partial charge in [0.05, 0.1) is 9.77 Å². The molecule has 0 saturated carbocycles. The molecule has 0 unspecified atom stereocenters. The summed E-state index contributed by atoms with van der Waals surface area (Å²) >= 11 is 1.48. The summed E-state index contributed by atoms with van der Waals surface area (Å²) in [6.07, 6.45) is 5.82. The highest BCUT2D eigenvalue weighted by atomic mass is 32.2. The maximum Gasteiger partial charge on any atom is 0.279 e. The van der Waals surface area contributed by atoms with Crippen LogP contribution in [-0.4, -0.2) is 43.9 Å². The number of hydrogen-bond donors (Lipinski definition) is 2. The van der Waals surface area contributed by atoms with Gasteiger partial charge in [-0.1, -0.05) is 18.6 Å². The highest BCUT2D eigenvalue weighted by Crippen LogP contribution is 2.28. The van der Waals surface area contributed by atoms with Gasteiger partial charge in [0.2, 0.25) is 15.9 Å². The van der Waals surface area contributed by atoms with Crippen molar-refractivity contribution >= 4 is 39.0 Å². The molecular weight excluding hydrogens is 462 g/mol. The van der Waals surface area contributed by atoms with Crippen LogP contribution in [0.15, 0.2) is 35.2 Å². The Morgan fingerprint density at radius 1 is 1.03 bits per heavy atom. The van der Waals surface area contributed by atoms with Crippen LogP contribution < -0.4 is 10.9 Å². The van der Waals surface area contributed by atoms with Gasteiger partial charge in [-0.3, -0.25) is 25.2 Å². The van der Waals surface area contributed by atoms with Crippen molar-refractivity contribution in [3.05, 3.63) is 51.2 Å². The molecule has 1 aromatic carbocycles. The largest absolute Gasteiger partial charge is 0.295 e. The smallest absolute Gasteiger partial charge is 0.279 e. The van der Waals surface area contributed by atoms with E-state index >= 15 is 0 Å². The van der Waals surface area contributed by atoms with E-state index in [1.54, 1.807) is 0 Å². The zero-order chi connectivity index (χ0) is 24.0. The van der Waals surface area contributed by atoms with Crippen LogP contribution in [0.25, 0.3) is 0 Å². The molecule has 3 rings (SSSR count). The summed E-state index contributed by atoms with van der Waals surface area (Å²) in [4.78, 5) is 37.7. The lowest BCUT2D eigenvalue weighted by Gasteiger charge is -2.17. The second kappa shape index (κ2) is 11.0. The Morgan fingerprint density at radius 3 is 2.42 bits per heavy atom. The lowest BCUT2D eigenvalue weighted by atomic mass is 10.1. The van der Waals surface area contributed by atoms with E-state index in [1.807, 2.05) is 6.07 Å². The summed E-state index contributed by atoms with van der Waals surface area (Å²) in [6.45, 7) is 1.55. The average molecular weight is 492 g/mol. The number of carbonyl (C=O) groups is 3. The quantitative estimate of drug-likeness (QED) is 0.335. The third-order valence-electron chi connectivity index (χ3n) is 5.63. The Bertz CT molecular complexity index is 1100. The first kappa shape index (κ1) is 25.1. The summed E-state index contributed by atoms with van der Waals surface area (Å²) < 4.78 is 26.5. The number of benzene rings is 1. The number of nitrogens with zero attached hydrogens (tertiary/aromatic N) is 1. The molecule has 178 valence electrons. The monoisotopic (exact) mass is 491 g/mol. The number of thiophene rings is 1. The van der Waals surface area contributed by atoms with Crippen LogP contribution in [0.3, 0.4) is 0 Å². The predicted molar refractivity (Wildman–Crippen MR) is 127 cm³/mol. The van der Waals surface area contributed by atoms with Gasteiger partial charge in [0.1, 0.15) is 0 Å². The number of sulfonamides is 1. The second-order valence-electron chi connectivity index (χ2n) is 8.13. The Hall–Kier alpha value is -2.56. The Kier molecular flexibility index (Phi) is 8.39. The molecule has 33 heavy (non-hydrogen) atoms. The van der Waals surface area contributed by atoms with Crippen molar-refractivity contribution in [2.45, 2.75) is 56.8 Å². The van der Waals surface area contributed by atoms with Crippen LogP contribution in [0.2, 0.25) is 0 Å². The highest BCUT2D eigenvalue weighted by Gasteiger charge is 2.21. The molecule has 2 amide bonds. The minimum Gasteiger partial charge on any atom is -0.295 e. The number of Topliss-reactive ketones (excluding diaryl/α,β-unsaturated/α-hetero) is 1. The number of ketones is 1. The molecule has 0 atom stereocenters. The number of nitrogens with one attached hydrogen (secondary N) is 2. The Morgan fingerprint density at radius 2 is 1.73 bits per heavy atom. The van der Waals surface area contributed by atoms with Gasteiger partial charge in [-0.25, -0.2) is 12.7 Å². The fraction of sp³-hybridized carbons (Fsp3) is 0.435. The molecule has 2 aromatic rings. The van der Waals surface area contributed by atoms with Gasteiger partial charge in [-0.15, -0.1) is 11.3 Å². The summed E-state index contributed by atoms with van der Waals surface area (Å²) in [5, 5.41) is 0. The number of rotatable bonds is 8. The second-order valence-corrected chi connectivity index (χ2v) is 11.3. The van der Waals surface area contributed by atoms with Gasteiger partial charge >= 0.3 is 0 Å². The van der Waals surface area contributed by atoms with Crippen LogP contribution >= 0.6 is 11.3 Å². The van der Waals surface area contributed by atoms with Crippen molar-refractivity contribution in [2.24, 2.45) is 0 Å². The van der Waals surface area contributed by atoms with Crippen molar-refractivity contribution in [3.8, 4) is 0 Å². The lowest BCUT2D eigenvalue weighted by molar-refractivity contribution is -0.122. The van der Waals surface area contributed by atoms with E-state index in [0.717, 1.165) is 25.7 Å². The predicted octanol–water partition coefficient (Wildman–Crippen LogP) is 3.08. The van der Waals surface area contributed by atoms with Crippen molar-refractivity contribution in [1.82, 2.24) is 15.2 Å². The van der Waals surface area contributed by atoms with Crippen molar-refractivity contribution in [1.29, 1.82) is 0 Å². The summed E-state index contributed by atoms with van der Waals surface area (Å²) in [5.74, 6) is -0.868. The minimum absolute atomic E-state index is 0.0599. The van der Waals surface area contributed by atoms with E-state index in [2.05, 4.69) is 10.9 Å². The first-order chi connectivity index (χ1) is 15.7. The zero-order valence-electron chi connectivity index (χ0n) is 18.8. The van der Waals surface area contributed by atoms with Gasteiger partial charge in [-0.2, -0.15) is 0 Å². The summed E-state index contributed by atoms with van der Waals surface area (Å²) in [5.41, 5.74) is 6.52. The Labute approximate surface area is 198 Å². The van der Waals surface area contributed by atoms with E-state index in [-0.39, 0.29) is 36.0 Å². The molecule has 8 nitrogen and oxygen atoms in total. The minimum atomic E-state index is -3.72. The first-order valence-electron chi connectivity index (χ1n) is 11.0. The van der Waals surface area contributed by atoms with Crippen molar-refractivity contribution in [3.63, 3.8) is 0 Å². The SMILES string of the molecule is CC(=O)c1ccc(S(=O)(=O)N(C)CCCC(=O)NNC(=O)c2cc3c(s2)CCCCC3)cc1. The normalized spacial score (nSPS) is 13.8. The molecule has 0 aliphatic heterocycles. The van der Waals surface area contributed by atoms with Gasteiger partial charge in [0, 0.05) is 30.5 Å². The van der Waals surface area contributed by atoms with Crippen LogP contribution in [0.1, 0.15) is 69.5 Å². The number of aryl methyl sites for hydroxylation is 2. The Balaban J connectivity index is 1.44. The van der Waals surface area contributed by atoms with Gasteiger partial charge < -0.3 is 0 Å². The number of hydrogen-bond acceptors (Lipinski definition) is 6. The van der Waals surface area contributed by atoms with Crippen molar-refractivity contribution in [2.75, 3.05) is 13.6 Å². The molecule has 0 spiro atoms. The lowest BCUT2D eigenvalue weighted by Crippen LogP contribution is -2.41. The van der Waals surface area contributed by atoms with Crippen LogP contribution in [0.4, 0.5) is 0 Å². The zero-order valence-corrected chi connectivity index (χ0v) is 20.5. The molecule has 1 aliphatic rings. The van der Waals surface area contributed by atoms with E-state index < -0.39 is 15.9 Å². The maximum atomic E-state index is 12.7. The topological polar surface area (TPSA) is 113 Å². The van der Waals surface area contributed by atoms with Crippen LogP contribution in [0, 0.1) is 0 Å². The molecule has 2 N–H and O–H groups in total. The molecular formula is C23H29N3O5S2.